The van der Waals surface area contributed by atoms with Crippen LogP contribution >= 0.6 is 0 Å². The summed E-state index contributed by atoms with van der Waals surface area (Å²) in [4.78, 5) is 10.8. The second-order valence-electron chi connectivity index (χ2n) is 5.02. The Labute approximate surface area is 121 Å². The second-order valence-corrected chi connectivity index (χ2v) is 6.98. The van der Waals surface area contributed by atoms with Crippen molar-refractivity contribution in [2.45, 2.75) is 37.4 Å². The van der Waals surface area contributed by atoms with Gasteiger partial charge in [0.05, 0.1) is 16.5 Å². The topological polar surface area (TPSA) is 83.5 Å². The fourth-order valence-corrected chi connectivity index (χ4v) is 3.99. The molecule has 0 unspecified atom stereocenters. The molecule has 8 heteroatoms. The Morgan fingerprint density at radius 3 is 2.33 bits per heavy atom. The third kappa shape index (κ3) is 3.49. The monoisotopic (exact) mass is 319 g/mol. The van der Waals surface area contributed by atoms with Gasteiger partial charge in [0.15, 0.2) is 0 Å². The summed E-state index contributed by atoms with van der Waals surface area (Å²) in [6, 6.07) is 1.02. The number of aromatic carboxylic acids is 1. The maximum atomic E-state index is 13.6. The summed E-state index contributed by atoms with van der Waals surface area (Å²) in [5.41, 5.74) is -1.32. The van der Waals surface area contributed by atoms with Crippen LogP contribution in [0.3, 0.4) is 0 Å². The van der Waals surface area contributed by atoms with E-state index in [0.29, 0.717) is 25.0 Å². The van der Waals surface area contributed by atoms with Crippen LogP contribution in [0.2, 0.25) is 0 Å². The molecule has 1 aromatic rings. The molecule has 5 nitrogen and oxygen atoms in total. The predicted molar refractivity (Wildman–Crippen MR) is 72.7 cm³/mol. The first-order chi connectivity index (χ1) is 9.81. The third-order valence-corrected chi connectivity index (χ3v) is 5.38. The van der Waals surface area contributed by atoms with E-state index in [2.05, 4.69) is 0 Å². The highest BCUT2D eigenvalue weighted by atomic mass is 32.2. The number of sulfonamides is 1. The molecule has 0 aromatic heterocycles. The molecule has 0 atom stereocenters. The summed E-state index contributed by atoms with van der Waals surface area (Å²) in [6.07, 6.45) is 3.46. The first kappa shape index (κ1) is 15.7. The van der Waals surface area contributed by atoms with Gasteiger partial charge in [-0.3, -0.25) is 4.72 Å². The fourth-order valence-electron chi connectivity index (χ4n) is 2.40. The zero-order valence-electron chi connectivity index (χ0n) is 11.1. The van der Waals surface area contributed by atoms with Crippen LogP contribution in [-0.4, -0.2) is 24.7 Å². The quantitative estimate of drug-likeness (QED) is 0.894. The van der Waals surface area contributed by atoms with E-state index in [1.165, 1.54) is 0 Å². The summed E-state index contributed by atoms with van der Waals surface area (Å²) in [7, 11) is -3.82. The summed E-state index contributed by atoms with van der Waals surface area (Å²) in [6.45, 7) is 0. The van der Waals surface area contributed by atoms with E-state index < -0.39 is 44.1 Å². The Morgan fingerprint density at radius 1 is 1.14 bits per heavy atom. The molecule has 0 aliphatic heterocycles. The van der Waals surface area contributed by atoms with Gasteiger partial charge in [0.1, 0.15) is 11.6 Å². The molecular weight excluding hydrogens is 304 g/mol. The molecule has 2 N–H and O–H groups in total. The molecule has 1 fully saturated rings. The molecule has 2 rings (SSSR count). The van der Waals surface area contributed by atoms with Crippen molar-refractivity contribution in [1.29, 1.82) is 0 Å². The van der Waals surface area contributed by atoms with Crippen LogP contribution in [0.4, 0.5) is 14.5 Å². The van der Waals surface area contributed by atoms with Crippen LogP contribution in [0.15, 0.2) is 12.1 Å². The molecular formula is C13H15F2NO4S. The maximum Gasteiger partial charge on any atom is 0.338 e. The van der Waals surface area contributed by atoms with Gasteiger partial charge in [-0.2, -0.15) is 0 Å². The van der Waals surface area contributed by atoms with Crippen molar-refractivity contribution in [2.24, 2.45) is 0 Å². The van der Waals surface area contributed by atoms with Gasteiger partial charge in [0.2, 0.25) is 10.0 Å². The van der Waals surface area contributed by atoms with Crippen LogP contribution in [0.25, 0.3) is 0 Å². The lowest BCUT2D eigenvalue weighted by atomic mass is 10.0. The number of hydrogen-bond donors (Lipinski definition) is 2. The zero-order chi connectivity index (χ0) is 15.6. The van der Waals surface area contributed by atoms with Crippen LogP contribution in [0.1, 0.15) is 42.5 Å². The van der Waals surface area contributed by atoms with E-state index in [1.54, 1.807) is 0 Å². The average molecular weight is 319 g/mol. The van der Waals surface area contributed by atoms with Crippen molar-refractivity contribution in [3.8, 4) is 0 Å². The number of anilines is 1. The van der Waals surface area contributed by atoms with Gasteiger partial charge in [-0.1, -0.05) is 19.3 Å². The summed E-state index contributed by atoms with van der Waals surface area (Å²) in [5, 5.41) is 8.15. The van der Waals surface area contributed by atoms with Gasteiger partial charge in [-0.05, 0) is 18.9 Å². The summed E-state index contributed by atoms with van der Waals surface area (Å²) in [5.74, 6) is -3.98. The second kappa shape index (κ2) is 5.97. The maximum absolute atomic E-state index is 13.6. The number of hydrogen-bond acceptors (Lipinski definition) is 3. The van der Waals surface area contributed by atoms with Crippen LogP contribution in [0.5, 0.6) is 0 Å². The fraction of sp³-hybridized carbons (Fsp3) is 0.462. The normalized spacial score (nSPS) is 16.7. The first-order valence-electron chi connectivity index (χ1n) is 6.55. The molecule has 0 amide bonds. The lowest BCUT2D eigenvalue weighted by molar-refractivity contribution is 0.0692. The smallest absolute Gasteiger partial charge is 0.338 e. The van der Waals surface area contributed by atoms with Crippen molar-refractivity contribution in [3.63, 3.8) is 0 Å². The largest absolute Gasteiger partial charge is 0.478 e. The third-order valence-electron chi connectivity index (χ3n) is 3.53. The van der Waals surface area contributed by atoms with E-state index in [9.17, 15) is 22.0 Å². The number of nitrogens with one attached hydrogen (secondary N) is 1. The van der Waals surface area contributed by atoms with E-state index in [-0.39, 0.29) is 0 Å². The summed E-state index contributed by atoms with van der Waals surface area (Å²) >= 11 is 0. The van der Waals surface area contributed by atoms with Crippen LogP contribution < -0.4 is 4.72 Å². The van der Waals surface area contributed by atoms with Gasteiger partial charge in [0.25, 0.3) is 0 Å². The minimum Gasteiger partial charge on any atom is -0.478 e. The minimum atomic E-state index is -3.82. The van der Waals surface area contributed by atoms with Crippen molar-refractivity contribution in [3.05, 3.63) is 29.3 Å². The number of halogens is 2. The van der Waals surface area contributed by atoms with Gasteiger partial charge in [-0.25, -0.2) is 22.0 Å². The van der Waals surface area contributed by atoms with E-state index in [1.807, 2.05) is 4.72 Å². The van der Waals surface area contributed by atoms with Gasteiger partial charge in [0, 0.05) is 6.07 Å². The average Bonchev–Trinajstić information content (AvgIpc) is 2.42. The van der Waals surface area contributed by atoms with Crippen molar-refractivity contribution in [2.75, 3.05) is 4.72 Å². The highest BCUT2D eigenvalue weighted by Gasteiger charge is 2.28. The van der Waals surface area contributed by atoms with Crippen LogP contribution in [0, 0.1) is 11.6 Å². The minimum absolute atomic E-state index is 0.363. The molecule has 1 aliphatic rings. The molecule has 1 aliphatic carbocycles. The molecule has 1 saturated carbocycles. The van der Waals surface area contributed by atoms with E-state index in [0.717, 1.165) is 19.3 Å². The van der Waals surface area contributed by atoms with Crippen LogP contribution in [-0.2, 0) is 10.0 Å². The molecule has 0 saturated heterocycles. The molecule has 1 aromatic carbocycles. The predicted octanol–water partition coefficient (Wildman–Crippen LogP) is 2.74. The van der Waals surface area contributed by atoms with Crippen molar-refractivity contribution in [1.82, 2.24) is 0 Å². The van der Waals surface area contributed by atoms with E-state index in [4.69, 9.17) is 5.11 Å². The van der Waals surface area contributed by atoms with Crippen molar-refractivity contribution < 1.29 is 27.1 Å². The van der Waals surface area contributed by atoms with Gasteiger partial charge in [-0.15, -0.1) is 0 Å². The van der Waals surface area contributed by atoms with Crippen molar-refractivity contribution >= 4 is 21.7 Å². The van der Waals surface area contributed by atoms with Gasteiger partial charge < -0.3 is 5.11 Å². The Hall–Kier alpha value is -1.70. The highest BCUT2D eigenvalue weighted by molar-refractivity contribution is 7.93. The number of rotatable bonds is 4. The Bertz CT molecular complexity index is 654. The molecule has 21 heavy (non-hydrogen) atoms. The summed E-state index contributed by atoms with van der Waals surface area (Å²) < 4.78 is 53.3. The molecule has 0 heterocycles. The Balaban J connectivity index is 2.30. The van der Waals surface area contributed by atoms with E-state index >= 15 is 0 Å². The first-order valence-corrected chi connectivity index (χ1v) is 8.10. The molecule has 0 spiro atoms. The van der Waals surface area contributed by atoms with Gasteiger partial charge >= 0.3 is 5.97 Å². The lowest BCUT2D eigenvalue weighted by Crippen LogP contribution is -2.30. The number of benzene rings is 1. The lowest BCUT2D eigenvalue weighted by Gasteiger charge is -2.22. The molecule has 0 bridgehead atoms. The standard InChI is InChI=1S/C13H15F2NO4S/c14-10-7-11(15)12(6-9(10)13(17)18)16-21(19,20)8-4-2-1-3-5-8/h6-8,16H,1-5H2,(H,17,18). The molecule has 0 radical (unpaired) electrons. The number of carboxylic acids is 1. The molecule has 116 valence electrons. The number of carbonyl (C=O) groups is 1. The zero-order valence-corrected chi connectivity index (χ0v) is 11.9. The highest BCUT2D eigenvalue weighted by Crippen LogP contribution is 2.27. The SMILES string of the molecule is O=C(O)c1cc(NS(=O)(=O)C2CCCCC2)c(F)cc1F. The Morgan fingerprint density at radius 2 is 1.76 bits per heavy atom. The Kier molecular flexibility index (Phi) is 4.46. The number of carboxylic acid groups (broad SMARTS) is 1.